The topological polar surface area (TPSA) is 55.1 Å². The van der Waals surface area contributed by atoms with E-state index in [2.05, 4.69) is 35.1 Å². The Morgan fingerprint density at radius 3 is 2.43 bits per heavy atom. The molecule has 0 aromatic heterocycles. The number of amides is 1. The van der Waals surface area contributed by atoms with Crippen molar-refractivity contribution < 1.29 is 4.79 Å². The lowest BCUT2D eigenvalue weighted by Gasteiger charge is -2.23. The molecule has 0 spiro atoms. The first-order valence-electron chi connectivity index (χ1n) is 6.90. The van der Waals surface area contributed by atoms with Gasteiger partial charge in [-0.15, -0.1) is 0 Å². The van der Waals surface area contributed by atoms with Crippen LogP contribution >= 0.6 is 15.9 Å². The molecular formula is C17H19BrN2O. The van der Waals surface area contributed by atoms with Crippen molar-refractivity contribution >= 4 is 27.5 Å². The third-order valence-electron chi connectivity index (χ3n) is 3.35. The molecule has 3 N–H and O–H groups in total. The van der Waals surface area contributed by atoms with Gasteiger partial charge in [-0.05, 0) is 45.6 Å². The zero-order chi connectivity index (χ0) is 15.4. The predicted molar refractivity (Wildman–Crippen MR) is 90.0 cm³/mol. The molecule has 4 heteroatoms. The first-order chi connectivity index (χ1) is 9.99. The number of hydrogen-bond acceptors (Lipinski definition) is 2. The highest BCUT2D eigenvalue weighted by molar-refractivity contribution is 9.10. The summed E-state index contributed by atoms with van der Waals surface area (Å²) in [6.07, 6.45) is 0. The molecule has 0 bridgehead atoms. The van der Waals surface area contributed by atoms with Crippen LogP contribution in [0.25, 0.3) is 0 Å². The van der Waals surface area contributed by atoms with Crippen molar-refractivity contribution in [3.63, 3.8) is 0 Å². The van der Waals surface area contributed by atoms with Crippen molar-refractivity contribution in [2.24, 2.45) is 5.92 Å². The smallest absolute Gasteiger partial charge is 0.252 e. The van der Waals surface area contributed by atoms with Gasteiger partial charge in [0.2, 0.25) is 0 Å². The van der Waals surface area contributed by atoms with Crippen molar-refractivity contribution in [1.82, 2.24) is 5.32 Å². The van der Waals surface area contributed by atoms with Gasteiger partial charge in [-0.25, -0.2) is 0 Å². The van der Waals surface area contributed by atoms with Crippen LogP contribution in [0.1, 0.15) is 35.8 Å². The van der Waals surface area contributed by atoms with E-state index < -0.39 is 0 Å². The van der Waals surface area contributed by atoms with E-state index in [1.54, 1.807) is 18.2 Å². The summed E-state index contributed by atoms with van der Waals surface area (Å²) in [6.45, 7) is 4.18. The van der Waals surface area contributed by atoms with Crippen LogP contribution in [-0.2, 0) is 0 Å². The minimum Gasteiger partial charge on any atom is -0.399 e. The van der Waals surface area contributed by atoms with E-state index in [1.807, 2.05) is 30.3 Å². The maximum absolute atomic E-state index is 12.5. The van der Waals surface area contributed by atoms with Crippen LogP contribution < -0.4 is 11.1 Å². The quantitative estimate of drug-likeness (QED) is 0.816. The molecule has 21 heavy (non-hydrogen) atoms. The van der Waals surface area contributed by atoms with Crippen LogP contribution in [0.4, 0.5) is 5.69 Å². The summed E-state index contributed by atoms with van der Waals surface area (Å²) >= 11 is 3.40. The molecule has 0 heterocycles. The molecule has 0 saturated carbocycles. The molecule has 0 saturated heterocycles. The Kier molecular flexibility index (Phi) is 5.02. The fourth-order valence-corrected chi connectivity index (χ4v) is 2.66. The van der Waals surface area contributed by atoms with Crippen molar-refractivity contribution in [3.05, 3.63) is 64.1 Å². The van der Waals surface area contributed by atoms with Crippen LogP contribution in [0.3, 0.4) is 0 Å². The van der Waals surface area contributed by atoms with Crippen molar-refractivity contribution in [3.8, 4) is 0 Å². The number of hydrogen-bond donors (Lipinski definition) is 2. The first kappa shape index (κ1) is 15.6. The average Bonchev–Trinajstić information content (AvgIpc) is 2.47. The van der Waals surface area contributed by atoms with Crippen LogP contribution in [0.2, 0.25) is 0 Å². The molecule has 0 aliphatic carbocycles. The summed E-state index contributed by atoms with van der Waals surface area (Å²) in [5.74, 6) is 0.160. The second-order valence-corrected chi connectivity index (χ2v) is 6.20. The lowest BCUT2D eigenvalue weighted by atomic mass is 9.95. The molecule has 1 unspecified atom stereocenters. The Labute approximate surface area is 133 Å². The van der Waals surface area contributed by atoms with Gasteiger partial charge in [0.05, 0.1) is 11.6 Å². The highest BCUT2D eigenvalue weighted by Crippen LogP contribution is 2.24. The molecule has 2 aromatic carbocycles. The number of halogens is 1. The Morgan fingerprint density at radius 1 is 1.14 bits per heavy atom. The summed E-state index contributed by atoms with van der Waals surface area (Å²) in [6, 6.07) is 15.2. The molecule has 0 aliphatic rings. The number of nitrogen functional groups attached to an aromatic ring is 1. The van der Waals surface area contributed by atoms with Gasteiger partial charge in [0.25, 0.3) is 5.91 Å². The van der Waals surface area contributed by atoms with E-state index in [0.717, 1.165) is 10.0 Å². The Morgan fingerprint density at radius 2 is 1.81 bits per heavy atom. The van der Waals surface area contributed by atoms with Crippen LogP contribution in [-0.4, -0.2) is 5.91 Å². The number of benzene rings is 2. The number of carbonyl (C=O) groups is 1. The fraction of sp³-hybridized carbons (Fsp3) is 0.235. The fourth-order valence-electron chi connectivity index (χ4n) is 2.23. The van der Waals surface area contributed by atoms with E-state index in [-0.39, 0.29) is 17.9 Å². The lowest BCUT2D eigenvalue weighted by Crippen LogP contribution is -2.32. The predicted octanol–water partition coefficient (Wildman–Crippen LogP) is 4.16. The van der Waals surface area contributed by atoms with Gasteiger partial charge in [0.15, 0.2) is 0 Å². The molecule has 0 radical (unpaired) electrons. The van der Waals surface area contributed by atoms with Gasteiger partial charge < -0.3 is 11.1 Å². The number of nitrogens with two attached hydrogens (primary N) is 1. The zero-order valence-corrected chi connectivity index (χ0v) is 13.7. The normalized spacial score (nSPS) is 12.2. The Bertz CT molecular complexity index is 626. The Balaban J connectivity index is 2.25. The highest BCUT2D eigenvalue weighted by atomic mass is 79.9. The van der Waals surface area contributed by atoms with Crippen molar-refractivity contribution in [2.45, 2.75) is 19.9 Å². The standard InChI is InChI=1S/C17H19BrN2O/c1-11(2)16(12-6-4-3-5-7-12)20-17(21)14-10-13(19)8-9-15(14)18/h3-11,16H,19H2,1-2H3,(H,20,21). The first-order valence-corrected chi connectivity index (χ1v) is 7.69. The minimum atomic E-state index is -0.128. The molecule has 110 valence electrons. The number of carbonyl (C=O) groups excluding carboxylic acids is 1. The van der Waals surface area contributed by atoms with Gasteiger partial charge in [0.1, 0.15) is 0 Å². The van der Waals surface area contributed by atoms with Gasteiger partial charge >= 0.3 is 0 Å². The lowest BCUT2D eigenvalue weighted by molar-refractivity contribution is 0.0925. The maximum atomic E-state index is 12.5. The summed E-state index contributed by atoms with van der Waals surface area (Å²) in [4.78, 5) is 12.5. The van der Waals surface area contributed by atoms with E-state index in [9.17, 15) is 4.79 Å². The van der Waals surface area contributed by atoms with Gasteiger partial charge in [-0.1, -0.05) is 44.2 Å². The van der Waals surface area contributed by atoms with Crippen LogP contribution in [0, 0.1) is 5.92 Å². The van der Waals surface area contributed by atoms with Gasteiger partial charge in [0, 0.05) is 10.2 Å². The molecule has 1 amide bonds. The molecule has 1 atom stereocenters. The van der Waals surface area contributed by atoms with E-state index in [4.69, 9.17) is 5.73 Å². The van der Waals surface area contributed by atoms with Crippen LogP contribution in [0.5, 0.6) is 0 Å². The molecule has 2 aromatic rings. The van der Waals surface area contributed by atoms with Crippen molar-refractivity contribution in [2.75, 3.05) is 5.73 Å². The number of nitrogens with one attached hydrogen (secondary N) is 1. The van der Waals surface area contributed by atoms with Crippen molar-refractivity contribution in [1.29, 1.82) is 0 Å². The second-order valence-electron chi connectivity index (χ2n) is 5.35. The molecule has 0 fully saturated rings. The van der Waals surface area contributed by atoms with Gasteiger partial charge in [-0.2, -0.15) is 0 Å². The molecule has 2 rings (SSSR count). The minimum absolute atomic E-state index is 0.0352. The monoisotopic (exact) mass is 346 g/mol. The third kappa shape index (κ3) is 3.85. The van der Waals surface area contributed by atoms with Gasteiger partial charge in [-0.3, -0.25) is 4.79 Å². The third-order valence-corrected chi connectivity index (χ3v) is 4.04. The zero-order valence-electron chi connectivity index (χ0n) is 12.1. The maximum Gasteiger partial charge on any atom is 0.252 e. The van der Waals surface area contributed by atoms with Crippen LogP contribution in [0.15, 0.2) is 53.0 Å². The summed E-state index contributed by atoms with van der Waals surface area (Å²) < 4.78 is 0.741. The molecular weight excluding hydrogens is 328 g/mol. The van der Waals surface area contributed by atoms with E-state index >= 15 is 0 Å². The largest absolute Gasteiger partial charge is 0.399 e. The summed E-state index contributed by atoms with van der Waals surface area (Å²) in [5, 5.41) is 3.09. The van der Waals surface area contributed by atoms with E-state index in [1.165, 1.54) is 0 Å². The highest BCUT2D eigenvalue weighted by Gasteiger charge is 2.20. The molecule has 0 aliphatic heterocycles. The average molecular weight is 347 g/mol. The Hall–Kier alpha value is -1.81. The summed E-state index contributed by atoms with van der Waals surface area (Å²) in [5.41, 5.74) is 7.99. The number of anilines is 1. The summed E-state index contributed by atoms with van der Waals surface area (Å²) in [7, 11) is 0. The van der Waals surface area contributed by atoms with E-state index in [0.29, 0.717) is 11.3 Å². The molecule has 3 nitrogen and oxygen atoms in total. The second kappa shape index (κ2) is 6.76. The number of rotatable bonds is 4. The SMILES string of the molecule is CC(C)C(NC(=O)c1cc(N)ccc1Br)c1ccccc1.